The Kier molecular flexibility index (Phi) is 6.66. The lowest BCUT2D eigenvalue weighted by Gasteiger charge is -2.35. The highest BCUT2D eigenvalue weighted by molar-refractivity contribution is 6.31. The van der Waals surface area contributed by atoms with E-state index in [9.17, 15) is 4.79 Å². The molecule has 0 saturated carbocycles. The van der Waals surface area contributed by atoms with Crippen molar-refractivity contribution in [2.75, 3.05) is 26.4 Å². The van der Waals surface area contributed by atoms with Gasteiger partial charge in [0.1, 0.15) is 11.8 Å². The molecule has 0 spiro atoms. The molecule has 3 aromatic rings. The quantitative estimate of drug-likeness (QED) is 0.461. The lowest BCUT2D eigenvalue weighted by molar-refractivity contribution is -0.139. The number of carbonyl (C=O) groups excluding carboxylic acids is 1. The molecule has 8 heteroatoms. The van der Waals surface area contributed by atoms with Crippen LogP contribution in [0.3, 0.4) is 0 Å². The first-order chi connectivity index (χ1) is 16.8. The molecule has 0 aliphatic carbocycles. The maximum atomic E-state index is 12.9. The number of aromatic amines is 1. The number of hydrogen-bond donors (Lipinski definition) is 1. The number of ether oxygens (including phenoxy) is 4. The molecule has 0 bridgehead atoms. The van der Waals surface area contributed by atoms with Crippen molar-refractivity contribution in [1.29, 1.82) is 0 Å². The summed E-state index contributed by atoms with van der Waals surface area (Å²) in [5.74, 6) is 0.248. The number of halogens is 1. The SMILES string of the molecule is CCOC(=O)N1CCc2c([nH]c3ccc(Cl)cc23)C1c1ccc(OCCC2COC(C)(C)O2)cc1. The second kappa shape index (κ2) is 9.72. The van der Waals surface area contributed by atoms with Crippen LogP contribution in [0.25, 0.3) is 10.9 Å². The highest BCUT2D eigenvalue weighted by atomic mass is 35.5. The van der Waals surface area contributed by atoms with E-state index in [0.717, 1.165) is 40.8 Å². The maximum absolute atomic E-state index is 12.9. The number of fused-ring (bicyclic) bond motifs is 3. The molecule has 1 amide bonds. The molecule has 2 unspecified atom stereocenters. The number of hydrogen-bond acceptors (Lipinski definition) is 5. The third-order valence-electron chi connectivity index (χ3n) is 6.56. The topological polar surface area (TPSA) is 73.0 Å². The van der Waals surface area contributed by atoms with Gasteiger partial charge in [0.25, 0.3) is 0 Å². The lowest BCUT2D eigenvalue weighted by atomic mass is 9.92. The molecule has 3 heterocycles. The summed E-state index contributed by atoms with van der Waals surface area (Å²) in [7, 11) is 0. The summed E-state index contributed by atoms with van der Waals surface area (Å²) in [6.07, 6.45) is 1.21. The van der Waals surface area contributed by atoms with Crippen LogP contribution < -0.4 is 4.74 Å². The Labute approximate surface area is 210 Å². The van der Waals surface area contributed by atoms with Gasteiger partial charge in [0.05, 0.1) is 25.9 Å². The summed E-state index contributed by atoms with van der Waals surface area (Å²) in [5, 5.41) is 1.80. The minimum absolute atomic E-state index is 0.0404. The van der Waals surface area contributed by atoms with Gasteiger partial charge in [0, 0.05) is 34.6 Å². The number of nitrogens with zero attached hydrogens (tertiary/aromatic N) is 1. The van der Waals surface area contributed by atoms with Crippen molar-refractivity contribution >= 4 is 28.6 Å². The molecule has 1 fully saturated rings. The Morgan fingerprint density at radius 3 is 2.74 bits per heavy atom. The van der Waals surface area contributed by atoms with Crippen LogP contribution in [0.5, 0.6) is 5.75 Å². The fourth-order valence-electron chi connectivity index (χ4n) is 4.97. The number of amides is 1. The van der Waals surface area contributed by atoms with Crippen LogP contribution in [0.2, 0.25) is 5.02 Å². The fraction of sp³-hybridized carbons (Fsp3) is 0.444. The first-order valence-corrected chi connectivity index (χ1v) is 12.5. The van der Waals surface area contributed by atoms with Crippen LogP contribution in [-0.4, -0.2) is 54.2 Å². The van der Waals surface area contributed by atoms with Gasteiger partial charge in [0.2, 0.25) is 0 Å². The van der Waals surface area contributed by atoms with Crippen LogP contribution in [0, 0.1) is 0 Å². The Hall–Kier alpha value is -2.74. The standard InChI is InChI=1S/C27H31ClN2O5/c1-4-32-26(31)30-13-11-21-22-15-18(28)7-10-23(22)29-24(21)25(30)17-5-8-19(9-6-17)33-14-12-20-16-34-27(2,3)35-20/h5-10,15,20,25,29H,4,11-14,16H2,1-3H3. The van der Waals surface area contributed by atoms with Gasteiger partial charge in [0.15, 0.2) is 5.79 Å². The Morgan fingerprint density at radius 2 is 2.03 bits per heavy atom. The van der Waals surface area contributed by atoms with Crippen molar-refractivity contribution in [3.05, 3.63) is 64.3 Å². The molecule has 35 heavy (non-hydrogen) atoms. The summed E-state index contributed by atoms with van der Waals surface area (Å²) >= 11 is 6.28. The van der Waals surface area contributed by atoms with Gasteiger partial charge in [-0.25, -0.2) is 4.79 Å². The first-order valence-electron chi connectivity index (χ1n) is 12.1. The minimum atomic E-state index is -0.524. The molecule has 5 rings (SSSR count). The number of benzene rings is 2. The fourth-order valence-corrected chi connectivity index (χ4v) is 5.14. The summed E-state index contributed by atoms with van der Waals surface area (Å²) < 4.78 is 22.8. The minimum Gasteiger partial charge on any atom is -0.493 e. The molecular formula is C27H31ClN2O5. The van der Waals surface area contributed by atoms with Crippen LogP contribution >= 0.6 is 11.6 Å². The molecular weight excluding hydrogens is 468 g/mol. The summed E-state index contributed by atoms with van der Waals surface area (Å²) in [6.45, 7) is 7.68. The molecule has 2 aromatic carbocycles. The van der Waals surface area contributed by atoms with E-state index in [2.05, 4.69) is 4.98 Å². The van der Waals surface area contributed by atoms with E-state index in [0.29, 0.717) is 31.4 Å². The third kappa shape index (κ3) is 4.99. The molecule has 1 aromatic heterocycles. The second-order valence-corrected chi connectivity index (χ2v) is 9.85. The highest BCUT2D eigenvalue weighted by Gasteiger charge is 2.35. The van der Waals surface area contributed by atoms with E-state index in [4.69, 9.17) is 30.5 Å². The number of carbonyl (C=O) groups is 1. The number of aromatic nitrogens is 1. The molecule has 2 atom stereocenters. The summed E-state index contributed by atoms with van der Waals surface area (Å²) in [5.41, 5.74) is 4.18. The normalized spacial score (nSPS) is 21.2. The van der Waals surface area contributed by atoms with E-state index in [1.807, 2.05) is 63.2 Å². The van der Waals surface area contributed by atoms with Crippen molar-refractivity contribution in [3.63, 3.8) is 0 Å². The Morgan fingerprint density at radius 1 is 1.23 bits per heavy atom. The molecule has 2 aliphatic rings. The maximum Gasteiger partial charge on any atom is 0.410 e. The van der Waals surface area contributed by atoms with E-state index in [1.165, 1.54) is 5.56 Å². The molecule has 2 aliphatic heterocycles. The molecule has 1 N–H and O–H groups in total. The van der Waals surface area contributed by atoms with Crippen LogP contribution in [-0.2, 0) is 20.6 Å². The van der Waals surface area contributed by atoms with Crippen molar-refractivity contribution < 1.29 is 23.7 Å². The van der Waals surface area contributed by atoms with Gasteiger partial charge >= 0.3 is 6.09 Å². The predicted molar refractivity (Wildman–Crippen MR) is 134 cm³/mol. The average molecular weight is 499 g/mol. The Balaban J connectivity index is 1.37. The molecule has 7 nitrogen and oxygen atoms in total. The lowest BCUT2D eigenvalue weighted by Crippen LogP contribution is -2.40. The smallest absolute Gasteiger partial charge is 0.410 e. The van der Waals surface area contributed by atoms with Crippen LogP contribution in [0.1, 0.15) is 50.1 Å². The third-order valence-corrected chi connectivity index (χ3v) is 6.80. The monoisotopic (exact) mass is 498 g/mol. The van der Waals surface area contributed by atoms with Crippen molar-refractivity contribution in [1.82, 2.24) is 9.88 Å². The van der Waals surface area contributed by atoms with Crippen molar-refractivity contribution in [3.8, 4) is 5.75 Å². The second-order valence-electron chi connectivity index (χ2n) is 9.41. The van der Waals surface area contributed by atoms with E-state index in [-0.39, 0.29) is 18.2 Å². The molecule has 0 radical (unpaired) electrons. The number of nitrogens with one attached hydrogen (secondary N) is 1. The van der Waals surface area contributed by atoms with Gasteiger partial charge in [-0.15, -0.1) is 0 Å². The van der Waals surface area contributed by atoms with Crippen molar-refractivity contribution in [2.24, 2.45) is 0 Å². The zero-order valence-electron chi connectivity index (χ0n) is 20.3. The van der Waals surface area contributed by atoms with Crippen LogP contribution in [0.4, 0.5) is 4.79 Å². The van der Waals surface area contributed by atoms with Crippen LogP contribution in [0.15, 0.2) is 42.5 Å². The first kappa shape index (κ1) is 24.0. The van der Waals surface area contributed by atoms with Gasteiger partial charge in [-0.1, -0.05) is 23.7 Å². The number of H-pyrrole nitrogens is 1. The zero-order valence-corrected chi connectivity index (χ0v) is 21.1. The van der Waals surface area contributed by atoms with Gasteiger partial charge < -0.3 is 23.9 Å². The molecule has 1 saturated heterocycles. The van der Waals surface area contributed by atoms with E-state index < -0.39 is 5.79 Å². The summed E-state index contributed by atoms with van der Waals surface area (Å²) in [6, 6.07) is 13.5. The van der Waals surface area contributed by atoms with Crippen molar-refractivity contribution in [2.45, 2.75) is 51.5 Å². The van der Waals surface area contributed by atoms with Gasteiger partial charge in [-0.05, 0) is 68.7 Å². The van der Waals surface area contributed by atoms with Gasteiger partial charge in [-0.3, -0.25) is 4.90 Å². The van der Waals surface area contributed by atoms with E-state index >= 15 is 0 Å². The Bertz CT molecular complexity index is 1210. The molecule has 186 valence electrons. The number of rotatable bonds is 6. The van der Waals surface area contributed by atoms with Gasteiger partial charge in [-0.2, -0.15) is 0 Å². The average Bonchev–Trinajstić information content (AvgIpc) is 3.38. The zero-order chi connectivity index (χ0) is 24.6. The van der Waals surface area contributed by atoms with E-state index in [1.54, 1.807) is 4.90 Å². The predicted octanol–water partition coefficient (Wildman–Crippen LogP) is 5.85. The largest absolute Gasteiger partial charge is 0.493 e. The highest BCUT2D eigenvalue weighted by Crippen LogP contribution is 2.39. The summed E-state index contributed by atoms with van der Waals surface area (Å²) in [4.78, 5) is 18.2.